The first kappa shape index (κ1) is 20.0. The number of aromatic nitrogens is 2. The molecule has 1 N–H and O–H groups in total. The van der Waals surface area contributed by atoms with E-state index in [-0.39, 0.29) is 11.8 Å². The van der Waals surface area contributed by atoms with Crippen LogP contribution in [0, 0.1) is 0 Å². The molecule has 0 unspecified atom stereocenters. The summed E-state index contributed by atoms with van der Waals surface area (Å²) in [4.78, 5) is 43.2. The van der Waals surface area contributed by atoms with Crippen LogP contribution in [0.25, 0.3) is 22.2 Å². The third-order valence-electron chi connectivity index (χ3n) is 6.14. The molecule has 0 saturated carbocycles. The normalized spacial score (nSPS) is 14.6. The molecule has 0 fully saturated rings. The quantitative estimate of drug-likeness (QED) is 0.515. The van der Waals surface area contributed by atoms with E-state index in [0.29, 0.717) is 35.0 Å². The molecular weight excluding hydrogens is 428 g/mol. The predicted molar refractivity (Wildman–Crippen MR) is 131 cm³/mol. The number of carbonyl (C=O) groups is 2. The second-order valence-electron chi connectivity index (χ2n) is 8.19. The highest BCUT2D eigenvalue weighted by molar-refractivity contribution is 6.20. The minimum absolute atomic E-state index is 0.141. The second kappa shape index (κ2) is 7.77. The highest BCUT2D eigenvalue weighted by Gasteiger charge is 2.35. The van der Waals surface area contributed by atoms with Crippen LogP contribution < -0.4 is 10.2 Å². The summed E-state index contributed by atoms with van der Waals surface area (Å²) in [5, 5.41) is 3.73. The number of para-hydroxylation sites is 1. The van der Waals surface area contributed by atoms with Crippen LogP contribution in [0.1, 0.15) is 20.7 Å². The summed E-state index contributed by atoms with van der Waals surface area (Å²) < 4.78 is 0. The Morgan fingerprint density at radius 1 is 1.03 bits per heavy atom. The number of aliphatic imine (C=N–C) groups is 1. The molecule has 2 amide bonds. The summed E-state index contributed by atoms with van der Waals surface area (Å²) in [5.74, 6) is 0.257. The number of fused-ring (bicyclic) bond motifs is 4. The van der Waals surface area contributed by atoms with Gasteiger partial charge in [-0.1, -0.05) is 18.2 Å². The topological polar surface area (TPSA) is 90.8 Å². The highest BCUT2D eigenvalue weighted by atomic mass is 16.2. The Hall–Kier alpha value is -4.59. The number of pyridine rings is 2. The van der Waals surface area contributed by atoms with Crippen LogP contribution >= 0.6 is 0 Å². The summed E-state index contributed by atoms with van der Waals surface area (Å²) in [6.45, 7) is 1.38. The van der Waals surface area contributed by atoms with Gasteiger partial charge in [0.15, 0.2) is 0 Å². The first-order valence-electron chi connectivity index (χ1n) is 11.0. The minimum Gasteiger partial charge on any atom is -0.322 e. The van der Waals surface area contributed by atoms with Gasteiger partial charge in [-0.05, 0) is 42.5 Å². The summed E-state index contributed by atoms with van der Waals surface area (Å²) in [6.07, 6.45) is 3.40. The van der Waals surface area contributed by atoms with E-state index in [1.807, 2.05) is 53.4 Å². The van der Waals surface area contributed by atoms with E-state index in [2.05, 4.69) is 15.3 Å². The molecule has 0 spiro atoms. The molecule has 0 bridgehead atoms. The molecule has 2 aliphatic rings. The maximum Gasteiger partial charge on any atom is 0.262 e. The number of nitrogens with zero attached hydrogens (tertiary/aromatic N) is 5. The van der Waals surface area contributed by atoms with Gasteiger partial charge in [-0.25, -0.2) is 4.98 Å². The lowest BCUT2D eigenvalue weighted by molar-refractivity contribution is 0.0865. The van der Waals surface area contributed by atoms with Crippen molar-refractivity contribution in [3.63, 3.8) is 0 Å². The fourth-order valence-electron chi connectivity index (χ4n) is 4.47. The summed E-state index contributed by atoms with van der Waals surface area (Å²) in [6, 6.07) is 18.5. The molecule has 6 rings (SSSR count). The average Bonchev–Trinajstić information content (AvgIpc) is 3.37. The zero-order valence-electron chi connectivity index (χ0n) is 18.4. The van der Waals surface area contributed by atoms with Gasteiger partial charge in [0.25, 0.3) is 11.8 Å². The molecule has 0 radical (unpaired) electrons. The molecule has 2 aromatic carbocycles. The number of nitrogens with one attached hydrogen (secondary N) is 1. The van der Waals surface area contributed by atoms with Crippen molar-refractivity contribution < 1.29 is 9.59 Å². The Morgan fingerprint density at radius 3 is 2.71 bits per heavy atom. The lowest BCUT2D eigenvalue weighted by Crippen LogP contribution is -2.48. The van der Waals surface area contributed by atoms with Gasteiger partial charge >= 0.3 is 0 Å². The molecule has 0 saturated heterocycles. The Labute approximate surface area is 195 Å². The van der Waals surface area contributed by atoms with Crippen LogP contribution in [-0.2, 0) is 0 Å². The zero-order chi connectivity index (χ0) is 23.2. The number of hydrogen-bond acceptors (Lipinski definition) is 6. The van der Waals surface area contributed by atoms with E-state index >= 15 is 0 Å². The van der Waals surface area contributed by atoms with E-state index in [4.69, 9.17) is 4.98 Å². The monoisotopic (exact) mass is 448 g/mol. The number of benzene rings is 2. The number of rotatable bonds is 3. The van der Waals surface area contributed by atoms with Gasteiger partial charge < -0.3 is 10.2 Å². The molecule has 8 heteroatoms. The largest absolute Gasteiger partial charge is 0.322 e. The smallest absolute Gasteiger partial charge is 0.262 e. The van der Waals surface area contributed by atoms with Gasteiger partial charge in [0, 0.05) is 42.6 Å². The Bertz CT molecular complexity index is 1500. The lowest BCUT2D eigenvalue weighted by atomic mass is 10.0. The van der Waals surface area contributed by atoms with Crippen LogP contribution in [0.4, 0.5) is 11.4 Å². The van der Waals surface area contributed by atoms with Gasteiger partial charge in [-0.2, -0.15) is 0 Å². The average molecular weight is 448 g/mol. The fourth-order valence-corrected chi connectivity index (χ4v) is 4.47. The Kier molecular flexibility index (Phi) is 4.58. The maximum absolute atomic E-state index is 13.4. The molecule has 34 heavy (non-hydrogen) atoms. The molecule has 2 aliphatic heterocycles. The second-order valence-corrected chi connectivity index (χ2v) is 8.19. The van der Waals surface area contributed by atoms with Crippen molar-refractivity contribution in [2.45, 2.75) is 0 Å². The van der Waals surface area contributed by atoms with Crippen LogP contribution in [0.5, 0.6) is 0 Å². The van der Waals surface area contributed by atoms with Crippen molar-refractivity contribution in [3.8, 4) is 11.3 Å². The molecule has 4 heterocycles. The third kappa shape index (κ3) is 3.19. The van der Waals surface area contributed by atoms with E-state index in [1.165, 1.54) is 0 Å². The van der Waals surface area contributed by atoms with Gasteiger partial charge in [0.2, 0.25) is 5.96 Å². The zero-order valence-corrected chi connectivity index (χ0v) is 18.4. The van der Waals surface area contributed by atoms with Crippen LogP contribution in [0.15, 0.2) is 78.0 Å². The van der Waals surface area contributed by atoms with Gasteiger partial charge in [-0.15, -0.1) is 0 Å². The van der Waals surface area contributed by atoms with Crippen LogP contribution in [0.3, 0.4) is 0 Å². The predicted octanol–water partition coefficient (Wildman–Crippen LogP) is 3.81. The standard InChI is InChI=1S/C26H20N6O2/c1-31-25(34)20-14-17(6-7-23(20)32-13-12-28-26(31)32)29-24(33)19-15-22(16-8-10-27-11-9-16)30-21-5-3-2-4-18(19)21/h2-11,14-15H,12-13H2,1H3,(H,29,33). The summed E-state index contributed by atoms with van der Waals surface area (Å²) in [7, 11) is 1.72. The lowest BCUT2D eigenvalue weighted by Gasteiger charge is -2.33. The first-order chi connectivity index (χ1) is 16.6. The molecule has 0 atom stereocenters. The first-order valence-corrected chi connectivity index (χ1v) is 11.0. The summed E-state index contributed by atoms with van der Waals surface area (Å²) in [5.41, 5.74) is 4.70. The number of anilines is 2. The van der Waals surface area contributed by atoms with Crippen molar-refractivity contribution in [2.24, 2.45) is 4.99 Å². The van der Waals surface area contributed by atoms with E-state index < -0.39 is 0 Å². The molecule has 2 aromatic heterocycles. The minimum atomic E-state index is -0.270. The van der Waals surface area contributed by atoms with Crippen LogP contribution in [-0.4, -0.2) is 52.8 Å². The van der Waals surface area contributed by atoms with E-state index in [9.17, 15) is 9.59 Å². The van der Waals surface area contributed by atoms with E-state index in [0.717, 1.165) is 28.7 Å². The van der Waals surface area contributed by atoms with Crippen molar-refractivity contribution >= 4 is 40.1 Å². The van der Waals surface area contributed by atoms with Crippen molar-refractivity contribution in [2.75, 3.05) is 30.4 Å². The molecular formula is C26H20N6O2. The molecule has 4 aromatic rings. The molecule has 0 aliphatic carbocycles. The molecule has 8 nitrogen and oxygen atoms in total. The third-order valence-corrected chi connectivity index (χ3v) is 6.14. The van der Waals surface area contributed by atoms with Crippen molar-refractivity contribution in [1.82, 2.24) is 14.9 Å². The number of guanidine groups is 1. The number of amides is 2. The van der Waals surface area contributed by atoms with Crippen molar-refractivity contribution in [1.29, 1.82) is 0 Å². The van der Waals surface area contributed by atoms with Gasteiger partial charge in [0.05, 0.1) is 34.6 Å². The number of hydrogen-bond donors (Lipinski definition) is 1. The van der Waals surface area contributed by atoms with Gasteiger partial charge in [-0.3, -0.25) is 24.5 Å². The Morgan fingerprint density at radius 2 is 1.85 bits per heavy atom. The molecule has 166 valence electrons. The fraction of sp³-hybridized carbons (Fsp3) is 0.115. The Balaban J connectivity index is 1.38. The summed E-state index contributed by atoms with van der Waals surface area (Å²) >= 11 is 0. The van der Waals surface area contributed by atoms with E-state index in [1.54, 1.807) is 36.5 Å². The van der Waals surface area contributed by atoms with Crippen LogP contribution in [0.2, 0.25) is 0 Å². The van der Waals surface area contributed by atoms with Crippen molar-refractivity contribution in [3.05, 3.63) is 84.2 Å². The van der Waals surface area contributed by atoms with Gasteiger partial charge in [0.1, 0.15) is 0 Å². The SMILES string of the molecule is CN1C(=O)c2cc(NC(=O)c3cc(-c4ccncc4)nc4ccccc34)ccc2N2CCN=C12. The highest BCUT2D eigenvalue weighted by Crippen LogP contribution is 2.32. The maximum atomic E-state index is 13.4. The number of carbonyl (C=O) groups excluding carboxylic acids is 2.